The molecule has 4 rings (SSSR count). The molecule has 0 spiro atoms. The summed E-state index contributed by atoms with van der Waals surface area (Å²) in [5.41, 5.74) is 3.17. The van der Waals surface area contributed by atoms with Gasteiger partial charge in [0.1, 0.15) is 5.75 Å². The Morgan fingerprint density at radius 1 is 0.900 bits per heavy atom. The van der Waals surface area contributed by atoms with Gasteiger partial charge in [0.2, 0.25) is 0 Å². The monoisotopic (exact) mass is 402 g/mol. The van der Waals surface area contributed by atoms with Crippen molar-refractivity contribution in [2.75, 3.05) is 37.7 Å². The number of benzene rings is 2. The maximum atomic E-state index is 12.5. The first-order valence-corrected chi connectivity index (χ1v) is 10.4. The van der Waals surface area contributed by atoms with Gasteiger partial charge in [0.05, 0.1) is 5.69 Å². The van der Waals surface area contributed by atoms with Crippen molar-refractivity contribution in [3.63, 3.8) is 0 Å². The first-order valence-electron chi connectivity index (χ1n) is 10.4. The first-order chi connectivity index (χ1) is 14.7. The summed E-state index contributed by atoms with van der Waals surface area (Å²) in [5, 5.41) is 8.75. The number of carbonyl (C=O) groups excluding carboxylic acids is 1. The molecule has 0 unspecified atom stereocenters. The second kappa shape index (κ2) is 9.39. The van der Waals surface area contributed by atoms with Crippen LogP contribution in [0.1, 0.15) is 12.5 Å². The molecule has 1 fully saturated rings. The highest BCUT2D eigenvalue weighted by molar-refractivity contribution is 5.78. The summed E-state index contributed by atoms with van der Waals surface area (Å²) in [6, 6.07) is 21.9. The number of amides is 1. The van der Waals surface area contributed by atoms with Crippen LogP contribution in [0.15, 0.2) is 66.7 Å². The number of hydrogen-bond acceptors (Lipinski definition) is 5. The summed E-state index contributed by atoms with van der Waals surface area (Å²) < 4.78 is 5.66. The minimum atomic E-state index is 0.0136. The van der Waals surface area contributed by atoms with Crippen LogP contribution < -0.4 is 9.64 Å². The molecular formula is C24H26N4O2. The fourth-order valence-corrected chi connectivity index (χ4v) is 3.50. The van der Waals surface area contributed by atoms with Crippen molar-refractivity contribution in [1.29, 1.82) is 0 Å². The molecule has 154 valence electrons. The zero-order valence-corrected chi connectivity index (χ0v) is 17.2. The van der Waals surface area contributed by atoms with Gasteiger partial charge in [0, 0.05) is 31.7 Å². The van der Waals surface area contributed by atoms with E-state index in [1.54, 1.807) is 0 Å². The summed E-state index contributed by atoms with van der Waals surface area (Å²) >= 11 is 0. The zero-order valence-electron chi connectivity index (χ0n) is 17.2. The highest BCUT2D eigenvalue weighted by atomic mass is 16.5. The van der Waals surface area contributed by atoms with Crippen LogP contribution in [0.25, 0.3) is 11.3 Å². The van der Waals surface area contributed by atoms with Gasteiger partial charge in [0.15, 0.2) is 12.4 Å². The van der Waals surface area contributed by atoms with E-state index in [0.717, 1.165) is 42.3 Å². The number of anilines is 1. The molecule has 0 bridgehead atoms. The van der Waals surface area contributed by atoms with Crippen molar-refractivity contribution in [1.82, 2.24) is 15.1 Å². The lowest BCUT2D eigenvalue weighted by Crippen LogP contribution is -2.50. The molecule has 30 heavy (non-hydrogen) atoms. The highest BCUT2D eigenvalue weighted by Crippen LogP contribution is 2.19. The molecule has 0 saturated carbocycles. The fraction of sp³-hybridized carbons (Fsp3) is 0.292. The van der Waals surface area contributed by atoms with Gasteiger partial charge in [-0.3, -0.25) is 4.79 Å². The Balaban J connectivity index is 1.27. The second-order valence-electron chi connectivity index (χ2n) is 7.30. The largest absolute Gasteiger partial charge is 0.484 e. The van der Waals surface area contributed by atoms with Crippen molar-refractivity contribution < 1.29 is 9.53 Å². The normalized spacial score (nSPS) is 13.9. The molecule has 1 aliphatic rings. The Morgan fingerprint density at radius 2 is 1.63 bits per heavy atom. The number of hydrogen-bond donors (Lipinski definition) is 0. The van der Waals surface area contributed by atoms with Crippen molar-refractivity contribution in [2.24, 2.45) is 0 Å². The summed E-state index contributed by atoms with van der Waals surface area (Å²) in [6.45, 7) is 4.95. The molecule has 1 aliphatic heterocycles. The number of piperazine rings is 1. The molecule has 2 aromatic carbocycles. The maximum absolute atomic E-state index is 12.5. The van der Waals surface area contributed by atoms with Gasteiger partial charge in [0.25, 0.3) is 5.91 Å². The van der Waals surface area contributed by atoms with E-state index in [2.05, 4.69) is 22.0 Å². The Hall–Kier alpha value is -3.41. The van der Waals surface area contributed by atoms with Crippen LogP contribution in [-0.2, 0) is 11.2 Å². The number of ether oxygens (including phenoxy) is 1. The van der Waals surface area contributed by atoms with Crippen LogP contribution in [0.4, 0.5) is 5.82 Å². The Bertz CT molecular complexity index is 951. The second-order valence-corrected chi connectivity index (χ2v) is 7.30. The number of aromatic nitrogens is 2. The summed E-state index contributed by atoms with van der Waals surface area (Å²) in [5.74, 6) is 1.58. The Labute approximate surface area is 177 Å². The average molecular weight is 402 g/mol. The van der Waals surface area contributed by atoms with Gasteiger partial charge >= 0.3 is 0 Å². The smallest absolute Gasteiger partial charge is 0.260 e. The van der Waals surface area contributed by atoms with Gasteiger partial charge in [-0.25, -0.2) is 0 Å². The summed E-state index contributed by atoms with van der Waals surface area (Å²) in [4.78, 5) is 16.5. The Kier molecular flexibility index (Phi) is 6.23. The number of aryl methyl sites for hydroxylation is 1. The lowest BCUT2D eigenvalue weighted by Gasteiger charge is -2.35. The van der Waals surface area contributed by atoms with E-state index in [0.29, 0.717) is 13.1 Å². The van der Waals surface area contributed by atoms with E-state index in [9.17, 15) is 4.79 Å². The van der Waals surface area contributed by atoms with Crippen LogP contribution in [0.2, 0.25) is 0 Å². The lowest BCUT2D eigenvalue weighted by molar-refractivity contribution is -0.133. The molecule has 1 saturated heterocycles. The lowest BCUT2D eigenvalue weighted by atomic mass is 10.1. The molecule has 2 heterocycles. The first kappa shape index (κ1) is 19.9. The molecule has 1 aromatic heterocycles. The Morgan fingerprint density at radius 3 is 2.27 bits per heavy atom. The fourth-order valence-electron chi connectivity index (χ4n) is 3.50. The van der Waals surface area contributed by atoms with Crippen molar-refractivity contribution in [2.45, 2.75) is 13.3 Å². The quantitative estimate of drug-likeness (QED) is 0.632. The maximum Gasteiger partial charge on any atom is 0.260 e. The molecule has 0 radical (unpaired) electrons. The van der Waals surface area contributed by atoms with Gasteiger partial charge < -0.3 is 14.5 Å². The molecule has 6 heteroatoms. The number of rotatable bonds is 6. The molecule has 0 aliphatic carbocycles. The van der Waals surface area contributed by atoms with E-state index in [4.69, 9.17) is 4.74 Å². The van der Waals surface area contributed by atoms with E-state index < -0.39 is 0 Å². The van der Waals surface area contributed by atoms with E-state index in [1.807, 2.05) is 71.6 Å². The minimum absolute atomic E-state index is 0.0136. The third-order valence-electron chi connectivity index (χ3n) is 5.37. The van der Waals surface area contributed by atoms with Gasteiger partial charge in [-0.15, -0.1) is 10.2 Å². The molecule has 0 N–H and O–H groups in total. The summed E-state index contributed by atoms with van der Waals surface area (Å²) in [7, 11) is 0. The average Bonchev–Trinajstić information content (AvgIpc) is 2.83. The van der Waals surface area contributed by atoms with E-state index in [-0.39, 0.29) is 12.5 Å². The third-order valence-corrected chi connectivity index (χ3v) is 5.37. The van der Waals surface area contributed by atoms with E-state index in [1.165, 1.54) is 5.56 Å². The topological polar surface area (TPSA) is 58.6 Å². The van der Waals surface area contributed by atoms with Gasteiger partial charge in [-0.1, -0.05) is 49.4 Å². The van der Waals surface area contributed by atoms with Crippen LogP contribution in [0.3, 0.4) is 0 Å². The summed E-state index contributed by atoms with van der Waals surface area (Å²) in [6.07, 6.45) is 0.989. The molecule has 3 aromatic rings. The number of carbonyl (C=O) groups is 1. The zero-order chi connectivity index (χ0) is 20.8. The molecule has 6 nitrogen and oxygen atoms in total. The van der Waals surface area contributed by atoms with Crippen molar-refractivity contribution >= 4 is 11.7 Å². The molecule has 1 amide bonds. The minimum Gasteiger partial charge on any atom is -0.484 e. The third kappa shape index (κ3) is 4.76. The SMILES string of the molecule is CCc1ccc(OCC(=O)N2CCN(c3ccc(-c4ccccc4)nn3)CC2)cc1. The predicted molar refractivity (Wildman–Crippen MR) is 118 cm³/mol. The van der Waals surface area contributed by atoms with Gasteiger partial charge in [-0.2, -0.15) is 0 Å². The standard InChI is InChI=1S/C24H26N4O2/c1-2-19-8-10-21(11-9-19)30-18-24(29)28-16-14-27(15-17-28)23-13-12-22(25-26-23)20-6-4-3-5-7-20/h3-13H,2,14-18H2,1H3. The van der Waals surface area contributed by atoms with Gasteiger partial charge in [-0.05, 0) is 36.2 Å². The van der Waals surface area contributed by atoms with Crippen molar-refractivity contribution in [3.05, 3.63) is 72.3 Å². The predicted octanol–water partition coefficient (Wildman–Crippen LogP) is 3.43. The number of nitrogens with zero attached hydrogens (tertiary/aromatic N) is 4. The molecular weight excluding hydrogens is 376 g/mol. The van der Waals surface area contributed by atoms with Crippen LogP contribution in [-0.4, -0.2) is 53.8 Å². The van der Waals surface area contributed by atoms with Crippen LogP contribution in [0.5, 0.6) is 5.75 Å². The van der Waals surface area contributed by atoms with Crippen LogP contribution in [0, 0.1) is 0 Å². The highest BCUT2D eigenvalue weighted by Gasteiger charge is 2.22. The van der Waals surface area contributed by atoms with Crippen LogP contribution >= 0.6 is 0 Å². The van der Waals surface area contributed by atoms with E-state index >= 15 is 0 Å². The van der Waals surface area contributed by atoms with Crippen molar-refractivity contribution in [3.8, 4) is 17.0 Å². The molecule has 0 atom stereocenters.